The molecule has 0 aromatic carbocycles. The summed E-state index contributed by atoms with van der Waals surface area (Å²) in [5.41, 5.74) is 0. The third-order valence-electron chi connectivity index (χ3n) is 2.46. The molecule has 0 aliphatic rings. The average molecular weight is 368 g/mol. The molecule has 0 amide bonds. The molecule has 5 nitrogen and oxygen atoms in total. The quantitative estimate of drug-likeness (QED) is 0.773. The van der Waals surface area contributed by atoms with Crippen LogP contribution < -0.4 is 10.0 Å². The zero-order valence-electron chi connectivity index (χ0n) is 11.1. The Bertz CT molecular complexity index is 523. The van der Waals surface area contributed by atoms with Gasteiger partial charge >= 0.3 is 0 Å². The molecule has 0 bridgehead atoms. The van der Waals surface area contributed by atoms with Crippen molar-refractivity contribution in [3.63, 3.8) is 0 Å². The molecule has 0 saturated heterocycles. The van der Waals surface area contributed by atoms with Gasteiger partial charge in [0.15, 0.2) is 0 Å². The van der Waals surface area contributed by atoms with Crippen LogP contribution in [0, 0.1) is 0 Å². The molecule has 108 valence electrons. The third kappa shape index (κ3) is 4.94. The Balaban J connectivity index is 2.96. The highest BCUT2D eigenvalue weighted by molar-refractivity contribution is 9.10. The summed E-state index contributed by atoms with van der Waals surface area (Å²) in [5.74, 6) is 1.26. The molecule has 1 aromatic heterocycles. The third-order valence-corrected chi connectivity index (χ3v) is 5.14. The number of nitrogens with one attached hydrogen (secondary N) is 2. The van der Waals surface area contributed by atoms with E-state index in [2.05, 4.69) is 31.0 Å². The Labute approximate surface area is 127 Å². The summed E-state index contributed by atoms with van der Waals surface area (Å²) in [6, 6.07) is 1.43. The maximum Gasteiger partial charge on any atom is 0.244 e. The summed E-state index contributed by atoms with van der Waals surface area (Å²) < 4.78 is 27.9. The van der Waals surface area contributed by atoms with E-state index in [1.165, 1.54) is 0 Å². The normalized spacial score (nSPS) is 13.3. The molecule has 1 unspecified atom stereocenters. The number of nitrogens with zero attached hydrogens (tertiary/aromatic N) is 1. The van der Waals surface area contributed by atoms with E-state index in [1.807, 2.05) is 13.2 Å². The molecule has 0 aliphatic heterocycles. The molecule has 1 rings (SSSR count). The summed E-state index contributed by atoms with van der Waals surface area (Å²) in [4.78, 5) is 4.20. The fourth-order valence-electron chi connectivity index (χ4n) is 1.50. The second-order valence-corrected chi connectivity index (χ2v) is 7.64. The van der Waals surface area contributed by atoms with Crippen molar-refractivity contribution in [2.45, 2.75) is 24.3 Å². The van der Waals surface area contributed by atoms with Gasteiger partial charge in [0.05, 0.1) is 0 Å². The monoisotopic (exact) mass is 367 g/mol. The minimum Gasteiger partial charge on any atom is -0.372 e. The minimum atomic E-state index is -3.57. The van der Waals surface area contributed by atoms with Crippen LogP contribution >= 0.6 is 27.7 Å². The zero-order valence-corrected chi connectivity index (χ0v) is 14.3. The number of aromatic nitrogens is 1. The van der Waals surface area contributed by atoms with Crippen molar-refractivity contribution >= 4 is 43.5 Å². The second-order valence-electron chi connectivity index (χ2n) is 4.05. The van der Waals surface area contributed by atoms with Crippen molar-refractivity contribution < 1.29 is 8.42 Å². The second kappa shape index (κ2) is 7.47. The van der Waals surface area contributed by atoms with Gasteiger partial charge in [-0.05, 0) is 47.3 Å². The molecule has 19 heavy (non-hydrogen) atoms. The smallest absolute Gasteiger partial charge is 0.244 e. The predicted octanol–water partition coefficient (Wildman–Crippen LogP) is 2.31. The first-order valence-corrected chi connectivity index (χ1v) is 9.42. The Hall–Kier alpha value is -0.310. The summed E-state index contributed by atoms with van der Waals surface area (Å²) in [6.07, 6.45) is 4.34. The Morgan fingerprint density at radius 1 is 1.53 bits per heavy atom. The van der Waals surface area contributed by atoms with Crippen LogP contribution in [0.1, 0.15) is 13.3 Å². The molecule has 0 spiro atoms. The number of pyridine rings is 1. The lowest BCUT2D eigenvalue weighted by Crippen LogP contribution is -2.33. The maximum atomic E-state index is 12.3. The molecule has 0 saturated carbocycles. The van der Waals surface area contributed by atoms with Crippen LogP contribution in [0.4, 0.5) is 5.82 Å². The van der Waals surface area contributed by atoms with Crippen LogP contribution in [-0.2, 0) is 10.0 Å². The van der Waals surface area contributed by atoms with Gasteiger partial charge in [-0.3, -0.25) is 0 Å². The highest BCUT2D eigenvalue weighted by atomic mass is 79.9. The van der Waals surface area contributed by atoms with Gasteiger partial charge in [-0.25, -0.2) is 18.1 Å². The summed E-state index contributed by atoms with van der Waals surface area (Å²) in [5, 5.41) is 2.79. The molecule has 1 aromatic rings. The van der Waals surface area contributed by atoms with E-state index >= 15 is 0 Å². The van der Waals surface area contributed by atoms with E-state index in [4.69, 9.17) is 0 Å². The fourth-order valence-corrected chi connectivity index (χ4v) is 4.03. The zero-order chi connectivity index (χ0) is 14.5. The van der Waals surface area contributed by atoms with Crippen molar-refractivity contribution in [2.24, 2.45) is 0 Å². The van der Waals surface area contributed by atoms with Crippen LogP contribution in [0.5, 0.6) is 0 Å². The van der Waals surface area contributed by atoms with E-state index in [9.17, 15) is 8.42 Å². The van der Waals surface area contributed by atoms with E-state index in [1.54, 1.807) is 31.1 Å². The van der Waals surface area contributed by atoms with E-state index in [-0.39, 0.29) is 10.9 Å². The Kier molecular flexibility index (Phi) is 6.58. The minimum absolute atomic E-state index is 0.110. The largest absolute Gasteiger partial charge is 0.372 e. The molecule has 0 fully saturated rings. The number of rotatable bonds is 7. The Morgan fingerprint density at radius 3 is 2.79 bits per heavy atom. The lowest BCUT2D eigenvalue weighted by atomic mass is 10.3. The van der Waals surface area contributed by atoms with Crippen molar-refractivity contribution in [1.82, 2.24) is 9.71 Å². The van der Waals surface area contributed by atoms with Gasteiger partial charge in [-0.15, -0.1) is 0 Å². The lowest BCUT2D eigenvalue weighted by molar-refractivity contribution is 0.557. The molecule has 1 heterocycles. The van der Waals surface area contributed by atoms with Gasteiger partial charge in [0.25, 0.3) is 0 Å². The number of thioether (sulfide) groups is 1. The molecular weight excluding hydrogens is 350 g/mol. The predicted molar refractivity (Wildman–Crippen MR) is 84.3 cm³/mol. The van der Waals surface area contributed by atoms with Gasteiger partial charge in [-0.1, -0.05) is 0 Å². The molecule has 8 heteroatoms. The van der Waals surface area contributed by atoms with E-state index in [0.717, 1.165) is 12.2 Å². The lowest BCUT2D eigenvalue weighted by Gasteiger charge is -2.15. The highest BCUT2D eigenvalue weighted by Gasteiger charge is 2.21. The van der Waals surface area contributed by atoms with Gasteiger partial charge in [0.1, 0.15) is 10.7 Å². The van der Waals surface area contributed by atoms with Gasteiger partial charge < -0.3 is 5.32 Å². The SMILES string of the molecule is CNc1ncc(Br)cc1S(=O)(=O)NC(C)CCSC. The van der Waals surface area contributed by atoms with Crippen molar-refractivity contribution in [3.8, 4) is 0 Å². The van der Waals surface area contributed by atoms with Crippen molar-refractivity contribution in [3.05, 3.63) is 16.7 Å². The average Bonchev–Trinajstić information content (AvgIpc) is 2.35. The Morgan fingerprint density at radius 2 is 2.21 bits per heavy atom. The highest BCUT2D eigenvalue weighted by Crippen LogP contribution is 2.22. The van der Waals surface area contributed by atoms with Crippen LogP contribution in [0.2, 0.25) is 0 Å². The fraction of sp³-hybridized carbons (Fsp3) is 0.545. The first-order chi connectivity index (χ1) is 8.90. The summed E-state index contributed by atoms with van der Waals surface area (Å²) in [7, 11) is -1.92. The van der Waals surface area contributed by atoms with Crippen molar-refractivity contribution in [2.75, 3.05) is 24.4 Å². The van der Waals surface area contributed by atoms with E-state index in [0.29, 0.717) is 10.3 Å². The topological polar surface area (TPSA) is 71.1 Å². The maximum absolute atomic E-state index is 12.3. The van der Waals surface area contributed by atoms with Gasteiger partial charge in [-0.2, -0.15) is 11.8 Å². The van der Waals surface area contributed by atoms with Crippen LogP contribution in [0.25, 0.3) is 0 Å². The van der Waals surface area contributed by atoms with Crippen molar-refractivity contribution in [1.29, 1.82) is 0 Å². The molecule has 0 radical (unpaired) electrons. The molecular formula is C11H18BrN3O2S2. The van der Waals surface area contributed by atoms with Crippen LogP contribution in [0.15, 0.2) is 21.6 Å². The number of sulfonamides is 1. The van der Waals surface area contributed by atoms with Crippen LogP contribution in [-0.4, -0.2) is 38.5 Å². The van der Waals surface area contributed by atoms with Gasteiger partial charge in [0, 0.05) is 23.8 Å². The number of hydrogen-bond acceptors (Lipinski definition) is 5. The number of halogens is 1. The summed E-state index contributed by atoms with van der Waals surface area (Å²) in [6.45, 7) is 1.86. The summed E-state index contributed by atoms with van der Waals surface area (Å²) >= 11 is 4.94. The number of anilines is 1. The molecule has 2 N–H and O–H groups in total. The van der Waals surface area contributed by atoms with Gasteiger partial charge in [0.2, 0.25) is 10.0 Å². The molecule has 1 atom stereocenters. The standard InChI is InChI=1S/C11H18BrN3O2S2/c1-8(4-5-18-3)15-19(16,17)10-6-9(12)7-14-11(10)13-2/h6-8,15H,4-5H2,1-3H3,(H,13,14). The van der Waals surface area contributed by atoms with E-state index < -0.39 is 10.0 Å². The van der Waals surface area contributed by atoms with Crippen LogP contribution in [0.3, 0.4) is 0 Å². The number of hydrogen-bond donors (Lipinski definition) is 2. The molecule has 0 aliphatic carbocycles. The first kappa shape index (κ1) is 16.7. The first-order valence-electron chi connectivity index (χ1n) is 5.75.